The fourth-order valence-electron chi connectivity index (χ4n) is 2.77. The molecule has 0 saturated heterocycles. The van der Waals surface area contributed by atoms with Crippen molar-refractivity contribution in [1.29, 1.82) is 0 Å². The predicted molar refractivity (Wildman–Crippen MR) is 76.5 cm³/mol. The monoisotopic (exact) mass is 257 g/mol. The van der Waals surface area contributed by atoms with Crippen molar-refractivity contribution < 1.29 is 5.11 Å². The molecule has 0 bridgehead atoms. The van der Waals surface area contributed by atoms with Gasteiger partial charge in [-0.15, -0.1) is 0 Å². The SMILES string of the molecule is Cn1c(=O)cc(CCCC2CC2)c2cccc(O)c21. The first kappa shape index (κ1) is 12.3. The summed E-state index contributed by atoms with van der Waals surface area (Å²) < 4.78 is 1.52. The van der Waals surface area contributed by atoms with Crippen LogP contribution in [0.1, 0.15) is 31.2 Å². The summed E-state index contributed by atoms with van der Waals surface area (Å²) in [4.78, 5) is 12.0. The van der Waals surface area contributed by atoms with E-state index < -0.39 is 0 Å². The van der Waals surface area contributed by atoms with E-state index in [-0.39, 0.29) is 11.3 Å². The maximum Gasteiger partial charge on any atom is 0.251 e. The van der Waals surface area contributed by atoms with Gasteiger partial charge in [0.15, 0.2) is 0 Å². The van der Waals surface area contributed by atoms with Crippen LogP contribution >= 0.6 is 0 Å². The molecule has 1 fully saturated rings. The normalized spacial score (nSPS) is 15.0. The molecule has 0 radical (unpaired) electrons. The quantitative estimate of drug-likeness (QED) is 0.915. The Morgan fingerprint density at radius 2 is 2.16 bits per heavy atom. The maximum absolute atomic E-state index is 12.0. The summed E-state index contributed by atoms with van der Waals surface area (Å²) in [5.41, 5.74) is 1.67. The zero-order valence-electron chi connectivity index (χ0n) is 11.2. The Labute approximate surface area is 112 Å². The van der Waals surface area contributed by atoms with E-state index in [2.05, 4.69) is 0 Å². The van der Waals surface area contributed by atoms with Crippen LogP contribution in [0.4, 0.5) is 0 Å². The van der Waals surface area contributed by atoms with E-state index in [9.17, 15) is 9.90 Å². The summed E-state index contributed by atoms with van der Waals surface area (Å²) in [6.45, 7) is 0. The van der Waals surface area contributed by atoms with Crippen molar-refractivity contribution in [3.8, 4) is 5.75 Å². The van der Waals surface area contributed by atoms with Gasteiger partial charge in [-0.2, -0.15) is 0 Å². The molecule has 0 aliphatic heterocycles. The number of pyridine rings is 1. The third-order valence-corrected chi connectivity index (χ3v) is 4.08. The van der Waals surface area contributed by atoms with Crippen LogP contribution in [-0.2, 0) is 13.5 Å². The number of rotatable bonds is 4. The van der Waals surface area contributed by atoms with Crippen molar-refractivity contribution >= 4 is 10.9 Å². The molecule has 1 N–H and O–H groups in total. The number of hydrogen-bond donors (Lipinski definition) is 1. The average Bonchev–Trinajstić information content (AvgIpc) is 3.19. The van der Waals surface area contributed by atoms with E-state index in [1.54, 1.807) is 19.2 Å². The molecule has 1 aliphatic carbocycles. The molecule has 0 atom stereocenters. The maximum atomic E-state index is 12.0. The van der Waals surface area contributed by atoms with Gasteiger partial charge in [0.25, 0.3) is 5.56 Å². The van der Waals surface area contributed by atoms with E-state index in [0.29, 0.717) is 5.52 Å². The van der Waals surface area contributed by atoms with E-state index in [4.69, 9.17) is 0 Å². The predicted octanol–water partition coefficient (Wildman–Crippen LogP) is 2.98. The smallest absolute Gasteiger partial charge is 0.251 e. The number of phenols is 1. The molecule has 1 aliphatic rings. The van der Waals surface area contributed by atoms with Crippen molar-refractivity contribution in [3.63, 3.8) is 0 Å². The zero-order valence-corrected chi connectivity index (χ0v) is 11.2. The van der Waals surface area contributed by atoms with Crippen LogP contribution in [0, 0.1) is 5.92 Å². The first-order valence-corrected chi connectivity index (χ1v) is 6.97. The minimum absolute atomic E-state index is 0.0459. The number of nitrogens with zero attached hydrogens (tertiary/aromatic N) is 1. The third-order valence-electron chi connectivity index (χ3n) is 4.08. The minimum atomic E-state index is -0.0459. The first-order valence-electron chi connectivity index (χ1n) is 6.97. The van der Waals surface area contributed by atoms with Crippen molar-refractivity contribution in [3.05, 3.63) is 40.2 Å². The largest absolute Gasteiger partial charge is 0.506 e. The number of phenolic OH excluding ortho intramolecular Hbond substituents is 1. The Morgan fingerprint density at radius 3 is 2.89 bits per heavy atom. The van der Waals surface area contributed by atoms with Gasteiger partial charge in [0, 0.05) is 18.5 Å². The second-order valence-corrected chi connectivity index (χ2v) is 5.58. The zero-order chi connectivity index (χ0) is 13.4. The van der Waals surface area contributed by atoms with Crippen molar-refractivity contribution in [2.45, 2.75) is 32.1 Å². The van der Waals surface area contributed by atoms with Crippen LogP contribution in [0.2, 0.25) is 0 Å². The van der Waals surface area contributed by atoms with Gasteiger partial charge in [0.05, 0.1) is 5.52 Å². The number of aryl methyl sites for hydroxylation is 2. The standard InChI is InChI=1S/C16H19NO2/c1-17-15(19)10-12(5-2-4-11-8-9-11)13-6-3-7-14(18)16(13)17/h3,6-7,10-11,18H,2,4-5,8-9H2,1H3. The van der Waals surface area contributed by atoms with Gasteiger partial charge in [-0.3, -0.25) is 4.79 Å². The summed E-state index contributed by atoms with van der Waals surface area (Å²) in [5.74, 6) is 1.10. The van der Waals surface area contributed by atoms with Gasteiger partial charge in [-0.05, 0) is 30.4 Å². The Hall–Kier alpha value is -1.77. The van der Waals surface area contributed by atoms with Crippen molar-refractivity contribution in [1.82, 2.24) is 4.57 Å². The molecular weight excluding hydrogens is 238 g/mol. The lowest BCUT2D eigenvalue weighted by atomic mass is 10.0. The summed E-state index contributed by atoms with van der Waals surface area (Å²) in [6.07, 6.45) is 6.06. The second-order valence-electron chi connectivity index (χ2n) is 5.58. The van der Waals surface area contributed by atoms with Gasteiger partial charge in [0.1, 0.15) is 5.75 Å². The van der Waals surface area contributed by atoms with E-state index in [1.165, 1.54) is 23.8 Å². The highest BCUT2D eigenvalue weighted by Crippen LogP contribution is 2.34. The van der Waals surface area contributed by atoms with Crippen LogP contribution in [0.15, 0.2) is 29.1 Å². The van der Waals surface area contributed by atoms with Gasteiger partial charge in [-0.1, -0.05) is 31.4 Å². The Bertz CT molecular complexity index is 668. The fourth-order valence-corrected chi connectivity index (χ4v) is 2.77. The molecule has 1 saturated carbocycles. The van der Waals surface area contributed by atoms with Crippen LogP contribution in [0.3, 0.4) is 0 Å². The molecule has 3 heteroatoms. The highest BCUT2D eigenvalue weighted by molar-refractivity contribution is 5.87. The van der Waals surface area contributed by atoms with Crippen LogP contribution in [0.5, 0.6) is 5.75 Å². The number of para-hydroxylation sites is 1. The molecule has 3 rings (SSSR count). The summed E-state index contributed by atoms with van der Waals surface area (Å²) in [5, 5.41) is 11.0. The third kappa shape index (κ3) is 2.37. The van der Waals surface area contributed by atoms with Gasteiger partial charge in [-0.25, -0.2) is 0 Å². The van der Waals surface area contributed by atoms with Gasteiger partial charge in [0.2, 0.25) is 0 Å². The Balaban J connectivity index is 2.00. The minimum Gasteiger partial charge on any atom is -0.506 e. The molecule has 3 nitrogen and oxygen atoms in total. The molecule has 1 aromatic heterocycles. The topological polar surface area (TPSA) is 42.2 Å². The highest BCUT2D eigenvalue weighted by atomic mass is 16.3. The summed E-state index contributed by atoms with van der Waals surface area (Å²) >= 11 is 0. The van der Waals surface area contributed by atoms with Gasteiger partial charge < -0.3 is 9.67 Å². The molecule has 19 heavy (non-hydrogen) atoms. The number of aromatic nitrogens is 1. The average molecular weight is 257 g/mol. The van der Waals surface area contributed by atoms with E-state index in [1.807, 2.05) is 12.1 Å². The molecule has 2 aromatic rings. The van der Waals surface area contributed by atoms with E-state index >= 15 is 0 Å². The lowest BCUT2D eigenvalue weighted by molar-refractivity contribution is 0.478. The number of fused-ring (bicyclic) bond motifs is 1. The summed E-state index contributed by atoms with van der Waals surface area (Å²) in [6, 6.07) is 7.18. The lowest BCUT2D eigenvalue weighted by Crippen LogP contribution is -2.17. The molecular formula is C16H19NO2. The van der Waals surface area contributed by atoms with Crippen molar-refractivity contribution in [2.24, 2.45) is 13.0 Å². The Morgan fingerprint density at radius 1 is 1.37 bits per heavy atom. The van der Waals surface area contributed by atoms with Crippen LogP contribution in [0.25, 0.3) is 10.9 Å². The molecule has 1 aromatic carbocycles. The number of hydrogen-bond acceptors (Lipinski definition) is 2. The lowest BCUT2D eigenvalue weighted by Gasteiger charge is -2.11. The molecule has 0 amide bonds. The number of aromatic hydroxyl groups is 1. The van der Waals surface area contributed by atoms with E-state index in [0.717, 1.165) is 29.7 Å². The number of benzene rings is 1. The highest BCUT2D eigenvalue weighted by Gasteiger charge is 2.20. The fraction of sp³-hybridized carbons (Fsp3) is 0.438. The molecule has 0 spiro atoms. The van der Waals surface area contributed by atoms with Crippen molar-refractivity contribution in [2.75, 3.05) is 0 Å². The molecule has 0 unspecified atom stereocenters. The van der Waals surface area contributed by atoms with Gasteiger partial charge >= 0.3 is 0 Å². The Kier molecular flexibility index (Phi) is 3.05. The summed E-state index contributed by atoms with van der Waals surface area (Å²) in [7, 11) is 1.71. The van der Waals surface area contributed by atoms with Crippen LogP contribution in [-0.4, -0.2) is 9.67 Å². The molecule has 1 heterocycles. The second kappa shape index (κ2) is 4.72. The van der Waals surface area contributed by atoms with Crippen LogP contribution < -0.4 is 5.56 Å². The first-order chi connectivity index (χ1) is 9.16. The molecule has 100 valence electrons.